The van der Waals surface area contributed by atoms with Gasteiger partial charge in [-0.05, 0) is 59.1 Å². The van der Waals surface area contributed by atoms with Crippen molar-refractivity contribution in [3.05, 3.63) is 63.8 Å². The molecule has 0 spiro atoms. The molecular formula is C18H14N2OS2. The van der Waals surface area contributed by atoms with Gasteiger partial charge < -0.3 is 5.32 Å². The number of thiophene rings is 1. The number of thiocarbonyl (C=S) groups is 1. The van der Waals surface area contributed by atoms with Crippen molar-refractivity contribution in [3.63, 3.8) is 0 Å². The molecule has 1 amide bonds. The number of nitrogens with one attached hydrogen (secondary N) is 2. The molecule has 23 heavy (non-hydrogen) atoms. The highest BCUT2D eigenvalue weighted by Crippen LogP contribution is 2.34. The number of benzene rings is 2. The first kappa shape index (κ1) is 14.4. The quantitative estimate of drug-likeness (QED) is 0.691. The number of anilines is 1. The Morgan fingerprint density at radius 1 is 1.04 bits per heavy atom. The molecule has 1 heterocycles. The van der Waals surface area contributed by atoms with E-state index in [2.05, 4.69) is 34.9 Å². The van der Waals surface area contributed by atoms with E-state index in [9.17, 15) is 4.79 Å². The maximum Gasteiger partial charge on any atom is 0.267 e. The first-order valence-electron chi connectivity index (χ1n) is 7.42. The van der Waals surface area contributed by atoms with Gasteiger partial charge in [-0.2, -0.15) is 0 Å². The highest BCUT2D eigenvalue weighted by Gasteiger charge is 2.16. The van der Waals surface area contributed by atoms with Crippen LogP contribution in [0.2, 0.25) is 0 Å². The summed E-state index contributed by atoms with van der Waals surface area (Å²) in [6.07, 6.45) is 2.19. The maximum absolute atomic E-state index is 12.1. The average molecular weight is 338 g/mol. The van der Waals surface area contributed by atoms with Crippen LogP contribution in [-0.4, -0.2) is 11.0 Å². The number of carbonyl (C=O) groups excluding carboxylic acids is 1. The third-order valence-corrected chi connectivity index (χ3v) is 5.17. The minimum atomic E-state index is -0.177. The Labute approximate surface area is 143 Å². The molecule has 2 aromatic carbocycles. The zero-order valence-corrected chi connectivity index (χ0v) is 13.9. The molecule has 1 aliphatic carbocycles. The van der Waals surface area contributed by atoms with Crippen LogP contribution in [0.4, 0.5) is 5.69 Å². The molecule has 0 unspecified atom stereocenters. The Morgan fingerprint density at radius 3 is 2.65 bits per heavy atom. The van der Waals surface area contributed by atoms with Gasteiger partial charge in [0.1, 0.15) is 0 Å². The van der Waals surface area contributed by atoms with E-state index in [-0.39, 0.29) is 5.91 Å². The van der Waals surface area contributed by atoms with Gasteiger partial charge in [0.25, 0.3) is 5.91 Å². The SMILES string of the molecule is O=C(NC(=S)Nc1ccc2c3c(cccc13)CC2)c1cccs1. The van der Waals surface area contributed by atoms with E-state index < -0.39 is 0 Å². The minimum absolute atomic E-state index is 0.177. The second-order valence-electron chi connectivity index (χ2n) is 5.50. The number of carbonyl (C=O) groups is 1. The van der Waals surface area contributed by atoms with Crippen LogP contribution < -0.4 is 10.6 Å². The Morgan fingerprint density at radius 2 is 1.87 bits per heavy atom. The van der Waals surface area contributed by atoms with Gasteiger partial charge in [0.15, 0.2) is 5.11 Å². The largest absolute Gasteiger partial charge is 0.332 e. The van der Waals surface area contributed by atoms with Crippen molar-refractivity contribution in [1.82, 2.24) is 5.32 Å². The average Bonchev–Trinajstić information content (AvgIpc) is 3.21. The van der Waals surface area contributed by atoms with E-state index in [0.717, 1.165) is 23.9 Å². The summed E-state index contributed by atoms with van der Waals surface area (Å²) in [4.78, 5) is 12.7. The molecule has 4 rings (SSSR count). The lowest BCUT2D eigenvalue weighted by atomic mass is 10.0. The molecule has 0 atom stereocenters. The molecule has 3 aromatic rings. The Hall–Kier alpha value is -2.24. The lowest BCUT2D eigenvalue weighted by molar-refractivity contribution is 0.0981. The third kappa shape index (κ3) is 2.62. The van der Waals surface area contributed by atoms with Crippen molar-refractivity contribution < 1.29 is 4.79 Å². The van der Waals surface area contributed by atoms with Crippen LogP contribution in [-0.2, 0) is 12.8 Å². The number of amides is 1. The van der Waals surface area contributed by atoms with Crippen molar-refractivity contribution in [2.75, 3.05) is 5.32 Å². The predicted octanol–water partition coefficient (Wildman–Crippen LogP) is 4.13. The van der Waals surface area contributed by atoms with Gasteiger partial charge in [-0.1, -0.05) is 30.3 Å². The first-order valence-corrected chi connectivity index (χ1v) is 8.70. The number of aryl methyl sites for hydroxylation is 2. The lowest BCUT2D eigenvalue weighted by Crippen LogP contribution is -2.33. The van der Waals surface area contributed by atoms with Gasteiger partial charge in [-0.3, -0.25) is 10.1 Å². The third-order valence-electron chi connectivity index (χ3n) is 4.10. The van der Waals surface area contributed by atoms with Crippen LogP contribution in [0.3, 0.4) is 0 Å². The first-order chi connectivity index (χ1) is 11.2. The van der Waals surface area contributed by atoms with Gasteiger partial charge >= 0.3 is 0 Å². The van der Waals surface area contributed by atoms with Crippen molar-refractivity contribution in [2.24, 2.45) is 0 Å². The van der Waals surface area contributed by atoms with Crippen molar-refractivity contribution in [1.29, 1.82) is 0 Å². The van der Waals surface area contributed by atoms with Crippen LogP contribution >= 0.6 is 23.6 Å². The molecule has 0 aliphatic heterocycles. The van der Waals surface area contributed by atoms with E-state index in [0.29, 0.717) is 9.99 Å². The summed E-state index contributed by atoms with van der Waals surface area (Å²) >= 11 is 6.69. The smallest absolute Gasteiger partial charge is 0.267 e. The summed E-state index contributed by atoms with van der Waals surface area (Å²) in [5.41, 5.74) is 3.70. The Balaban J connectivity index is 1.59. The molecule has 5 heteroatoms. The number of hydrogen-bond donors (Lipinski definition) is 2. The predicted molar refractivity (Wildman–Crippen MR) is 99.4 cm³/mol. The van der Waals surface area contributed by atoms with Crippen molar-refractivity contribution >= 4 is 51.0 Å². The van der Waals surface area contributed by atoms with E-state index in [4.69, 9.17) is 12.2 Å². The number of hydrogen-bond acceptors (Lipinski definition) is 3. The maximum atomic E-state index is 12.1. The second-order valence-corrected chi connectivity index (χ2v) is 6.85. The highest BCUT2D eigenvalue weighted by molar-refractivity contribution is 7.80. The lowest BCUT2D eigenvalue weighted by Gasteiger charge is -2.12. The molecule has 0 saturated carbocycles. The molecule has 0 fully saturated rings. The summed E-state index contributed by atoms with van der Waals surface area (Å²) in [7, 11) is 0. The topological polar surface area (TPSA) is 41.1 Å². The molecular weight excluding hydrogens is 324 g/mol. The van der Waals surface area contributed by atoms with Gasteiger partial charge in [-0.15, -0.1) is 11.3 Å². The van der Waals surface area contributed by atoms with Crippen LogP contribution in [0.15, 0.2) is 47.8 Å². The normalized spacial score (nSPS) is 12.3. The molecule has 1 aliphatic rings. The molecule has 2 N–H and O–H groups in total. The fourth-order valence-electron chi connectivity index (χ4n) is 3.08. The van der Waals surface area contributed by atoms with Crippen LogP contribution in [0.1, 0.15) is 20.8 Å². The molecule has 0 saturated heterocycles. The fraction of sp³-hybridized carbons (Fsp3) is 0.111. The molecule has 0 radical (unpaired) electrons. The van der Waals surface area contributed by atoms with E-state index in [1.807, 2.05) is 17.5 Å². The van der Waals surface area contributed by atoms with Crippen LogP contribution in [0.5, 0.6) is 0 Å². The summed E-state index contributed by atoms with van der Waals surface area (Å²) in [5, 5.41) is 10.6. The molecule has 114 valence electrons. The molecule has 0 bridgehead atoms. The van der Waals surface area contributed by atoms with Gasteiger partial charge in [0, 0.05) is 11.1 Å². The Bertz CT molecular complexity index is 906. The summed E-state index contributed by atoms with van der Waals surface area (Å²) in [5.74, 6) is -0.177. The van der Waals surface area contributed by atoms with Crippen molar-refractivity contribution in [3.8, 4) is 0 Å². The summed E-state index contributed by atoms with van der Waals surface area (Å²) < 4.78 is 0. The van der Waals surface area contributed by atoms with Gasteiger partial charge in [0.05, 0.1) is 4.88 Å². The van der Waals surface area contributed by atoms with Gasteiger partial charge in [0.2, 0.25) is 0 Å². The van der Waals surface area contributed by atoms with E-state index >= 15 is 0 Å². The van der Waals surface area contributed by atoms with Crippen molar-refractivity contribution in [2.45, 2.75) is 12.8 Å². The summed E-state index contributed by atoms with van der Waals surface area (Å²) in [6, 6.07) is 14.2. The van der Waals surface area contributed by atoms with Gasteiger partial charge in [-0.25, -0.2) is 0 Å². The zero-order chi connectivity index (χ0) is 15.8. The van der Waals surface area contributed by atoms with E-state index in [1.54, 1.807) is 6.07 Å². The fourth-order valence-corrected chi connectivity index (χ4v) is 3.90. The Kier molecular flexibility index (Phi) is 3.59. The molecule has 1 aromatic heterocycles. The van der Waals surface area contributed by atoms with Crippen LogP contribution in [0, 0.1) is 0 Å². The standard InChI is InChI=1S/C18H14N2OS2/c21-17(15-5-2-10-23-15)20-18(22)19-14-9-8-12-7-6-11-3-1-4-13(14)16(11)12/h1-5,8-10H,6-7H2,(H2,19,20,21,22). The van der Waals surface area contributed by atoms with Crippen LogP contribution in [0.25, 0.3) is 10.8 Å². The second kappa shape index (κ2) is 5.76. The highest BCUT2D eigenvalue weighted by atomic mass is 32.1. The van der Waals surface area contributed by atoms with E-state index in [1.165, 1.54) is 27.8 Å². The minimum Gasteiger partial charge on any atom is -0.332 e. The monoisotopic (exact) mass is 338 g/mol. The molecule has 3 nitrogen and oxygen atoms in total. The summed E-state index contributed by atoms with van der Waals surface area (Å²) in [6.45, 7) is 0. The zero-order valence-electron chi connectivity index (χ0n) is 12.3. The number of rotatable bonds is 2.